The van der Waals surface area contributed by atoms with Crippen LogP contribution in [0.2, 0.25) is 0 Å². The van der Waals surface area contributed by atoms with E-state index < -0.39 is 0 Å². The van der Waals surface area contributed by atoms with E-state index in [0.717, 1.165) is 25.6 Å². The van der Waals surface area contributed by atoms with Gasteiger partial charge in [0.05, 0.1) is 6.61 Å². The Labute approximate surface area is 111 Å². The molecule has 2 N–H and O–H groups in total. The Hall–Kier alpha value is -0.160. The molecule has 0 aromatic rings. The van der Waals surface area contributed by atoms with Gasteiger partial charge in [0.15, 0.2) is 0 Å². The zero-order valence-electron chi connectivity index (χ0n) is 11.9. The van der Waals surface area contributed by atoms with Crippen LogP contribution in [0.4, 0.5) is 0 Å². The molecule has 2 heterocycles. The molecule has 2 aliphatic heterocycles. The van der Waals surface area contributed by atoms with Crippen molar-refractivity contribution < 1.29 is 5.11 Å². The van der Waals surface area contributed by atoms with Crippen molar-refractivity contribution in [3.8, 4) is 0 Å². The van der Waals surface area contributed by atoms with Crippen molar-refractivity contribution >= 4 is 0 Å². The fraction of sp³-hybridized carbons (Fsp3) is 1.00. The van der Waals surface area contributed by atoms with Crippen LogP contribution in [0.5, 0.6) is 0 Å². The second kappa shape index (κ2) is 6.85. The summed E-state index contributed by atoms with van der Waals surface area (Å²) in [5.41, 5.74) is 0. The average Bonchev–Trinajstić information content (AvgIpc) is 2.81. The number of nitrogens with one attached hydrogen (secondary N) is 1. The summed E-state index contributed by atoms with van der Waals surface area (Å²) in [5, 5.41) is 12.9. The van der Waals surface area contributed by atoms with Crippen LogP contribution in [0.1, 0.15) is 33.1 Å². The first-order valence-corrected chi connectivity index (χ1v) is 7.57. The molecule has 4 nitrogen and oxygen atoms in total. The summed E-state index contributed by atoms with van der Waals surface area (Å²) in [6.07, 6.45) is 3.85. The minimum atomic E-state index is 0.236. The molecule has 2 rings (SSSR count). The lowest BCUT2D eigenvalue weighted by Gasteiger charge is -2.43. The first kappa shape index (κ1) is 14.3. The molecule has 0 spiro atoms. The second-order valence-electron chi connectivity index (χ2n) is 5.93. The van der Waals surface area contributed by atoms with Crippen molar-refractivity contribution in [1.29, 1.82) is 0 Å². The highest BCUT2D eigenvalue weighted by molar-refractivity contribution is 4.91. The van der Waals surface area contributed by atoms with Gasteiger partial charge in [-0.25, -0.2) is 0 Å². The van der Waals surface area contributed by atoms with Gasteiger partial charge in [-0.1, -0.05) is 6.92 Å². The highest BCUT2D eigenvalue weighted by atomic mass is 16.3. The molecule has 0 saturated carbocycles. The van der Waals surface area contributed by atoms with Crippen LogP contribution < -0.4 is 5.32 Å². The van der Waals surface area contributed by atoms with E-state index in [1.807, 2.05) is 0 Å². The number of aliphatic hydroxyl groups is 1. The number of nitrogens with zero attached hydrogens (tertiary/aromatic N) is 2. The standard InChI is InChI=1S/C14H29N3O/c1-3-6-15-13(11-18)9-17-10-14-5-4-7-16(14)8-12(17)2/h12-15,18H,3-11H2,1-2H3. The molecule has 18 heavy (non-hydrogen) atoms. The first-order chi connectivity index (χ1) is 8.74. The van der Waals surface area contributed by atoms with Crippen LogP contribution in [-0.4, -0.2) is 72.4 Å². The summed E-state index contributed by atoms with van der Waals surface area (Å²) >= 11 is 0. The molecule has 0 aromatic heterocycles. The minimum Gasteiger partial charge on any atom is -0.395 e. The van der Waals surface area contributed by atoms with E-state index in [2.05, 4.69) is 29.0 Å². The third kappa shape index (κ3) is 3.44. The zero-order valence-corrected chi connectivity index (χ0v) is 11.9. The molecule has 0 radical (unpaired) electrons. The van der Waals surface area contributed by atoms with Gasteiger partial charge in [-0.05, 0) is 39.3 Å². The summed E-state index contributed by atoms with van der Waals surface area (Å²) in [6.45, 7) is 10.4. The van der Waals surface area contributed by atoms with Gasteiger partial charge in [-0.3, -0.25) is 9.80 Å². The van der Waals surface area contributed by atoms with E-state index >= 15 is 0 Å². The predicted octanol–water partition coefficient (Wildman–Crippen LogP) is 0.515. The monoisotopic (exact) mass is 255 g/mol. The quantitative estimate of drug-likeness (QED) is 0.726. The SMILES string of the molecule is CCCNC(CO)CN1CC2CCCN2CC1C. The first-order valence-electron chi connectivity index (χ1n) is 7.57. The van der Waals surface area contributed by atoms with E-state index in [0.29, 0.717) is 6.04 Å². The van der Waals surface area contributed by atoms with Crippen molar-refractivity contribution in [1.82, 2.24) is 15.1 Å². The predicted molar refractivity (Wildman–Crippen MR) is 74.8 cm³/mol. The van der Waals surface area contributed by atoms with E-state index in [4.69, 9.17) is 0 Å². The maximum Gasteiger partial charge on any atom is 0.0597 e. The van der Waals surface area contributed by atoms with Crippen molar-refractivity contribution in [3.63, 3.8) is 0 Å². The third-order valence-electron chi connectivity index (χ3n) is 4.42. The Morgan fingerprint density at radius 2 is 2.22 bits per heavy atom. The Balaban J connectivity index is 1.83. The van der Waals surface area contributed by atoms with Gasteiger partial charge < -0.3 is 10.4 Å². The number of piperazine rings is 1. The number of aliphatic hydroxyl groups excluding tert-OH is 1. The lowest BCUT2D eigenvalue weighted by atomic mass is 10.1. The molecule has 0 aliphatic carbocycles. The minimum absolute atomic E-state index is 0.236. The number of hydrogen-bond donors (Lipinski definition) is 2. The molecule has 0 aromatic carbocycles. The lowest BCUT2D eigenvalue weighted by molar-refractivity contribution is 0.0463. The number of rotatable bonds is 6. The molecule has 2 fully saturated rings. The smallest absolute Gasteiger partial charge is 0.0597 e. The summed E-state index contributed by atoms with van der Waals surface area (Å²) < 4.78 is 0. The Kier molecular flexibility index (Phi) is 5.42. The fourth-order valence-electron chi connectivity index (χ4n) is 3.32. The van der Waals surface area contributed by atoms with Gasteiger partial charge in [0.2, 0.25) is 0 Å². The van der Waals surface area contributed by atoms with Gasteiger partial charge in [-0.15, -0.1) is 0 Å². The van der Waals surface area contributed by atoms with Crippen molar-refractivity contribution in [2.75, 3.05) is 39.3 Å². The topological polar surface area (TPSA) is 38.7 Å². The molecule has 3 unspecified atom stereocenters. The van der Waals surface area contributed by atoms with Crippen LogP contribution >= 0.6 is 0 Å². The van der Waals surface area contributed by atoms with E-state index in [9.17, 15) is 5.11 Å². The van der Waals surface area contributed by atoms with Crippen LogP contribution in [0.15, 0.2) is 0 Å². The van der Waals surface area contributed by atoms with Crippen LogP contribution in [-0.2, 0) is 0 Å². The maximum atomic E-state index is 9.46. The summed E-state index contributed by atoms with van der Waals surface area (Å²) in [5.74, 6) is 0. The molecule has 2 saturated heterocycles. The second-order valence-corrected chi connectivity index (χ2v) is 5.93. The van der Waals surface area contributed by atoms with Gasteiger partial charge in [0.25, 0.3) is 0 Å². The molecule has 3 atom stereocenters. The Bertz CT molecular complexity index is 249. The normalized spacial score (nSPS) is 31.5. The molecule has 2 aliphatic rings. The highest BCUT2D eigenvalue weighted by Gasteiger charge is 2.34. The average molecular weight is 255 g/mol. The summed E-state index contributed by atoms with van der Waals surface area (Å²) in [6, 6.07) is 1.63. The maximum absolute atomic E-state index is 9.46. The largest absolute Gasteiger partial charge is 0.395 e. The number of fused-ring (bicyclic) bond motifs is 1. The van der Waals surface area contributed by atoms with Crippen LogP contribution in [0.25, 0.3) is 0 Å². The van der Waals surface area contributed by atoms with E-state index in [1.54, 1.807) is 0 Å². The highest BCUT2D eigenvalue weighted by Crippen LogP contribution is 2.24. The van der Waals surface area contributed by atoms with Gasteiger partial charge in [-0.2, -0.15) is 0 Å². The van der Waals surface area contributed by atoms with Gasteiger partial charge in [0.1, 0.15) is 0 Å². The Morgan fingerprint density at radius 1 is 1.39 bits per heavy atom. The lowest BCUT2D eigenvalue weighted by Crippen LogP contribution is -2.58. The van der Waals surface area contributed by atoms with E-state index in [1.165, 1.54) is 32.5 Å². The molecular weight excluding hydrogens is 226 g/mol. The summed E-state index contributed by atoms with van der Waals surface area (Å²) in [4.78, 5) is 5.21. The summed E-state index contributed by atoms with van der Waals surface area (Å²) in [7, 11) is 0. The Morgan fingerprint density at radius 3 is 2.94 bits per heavy atom. The molecular formula is C14H29N3O. The number of hydrogen-bond acceptors (Lipinski definition) is 4. The van der Waals surface area contributed by atoms with Crippen molar-refractivity contribution in [2.24, 2.45) is 0 Å². The third-order valence-corrected chi connectivity index (χ3v) is 4.42. The molecule has 0 amide bonds. The van der Waals surface area contributed by atoms with Crippen LogP contribution in [0, 0.1) is 0 Å². The van der Waals surface area contributed by atoms with Gasteiger partial charge in [0, 0.05) is 37.8 Å². The molecule has 0 bridgehead atoms. The van der Waals surface area contributed by atoms with Crippen LogP contribution in [0.3, 0.4) is 0 Å². The molecule has 106 valence electrons. The molecule has 4 heteroatoms. The van der Waals surface area contributed by atoms with E-state index in [-0.39, 0.29) is 12.6 Å². The fourth-order valence-corrected chi connectivity index (χ4v) is 3.32. The van der Waals surface area contributed by atoms with Crippen molar-refractivity contribution in [3.05, 3.63) is 0 Å². The zero-order chi connectivity index (χ0) is 13.0. The van der Waals surface area contributed by atoms with Crippen molar-refractivity contribution in [2.45, 2.75) is 51.2 Å². The van der Waals surface area contributed by atoms with Gasteiger partial charge >= 0.3 is 0 Å².